The first-order chi connectivity index (χ1) is 15.3. The van der Waals surface area contributed by atoms with Crippen LogP contribution in [0.15, 0.2) is 30.3 Å². The number of benzene rings is 2. The normalized spacial score (nSPS) is 21.6. The summed E-state index contributed by atoms with van der Waals surface area (Å²) in [6, 6.07) is 7.27. The van der Waals surface area contributed by atoms with Gasteiger partial charge in [-0.25, -0.2) is 22.0 Å². The van der Waals surface area contributed by atoms with Gasteiger partial charge in [-0.2, -0.15) is 0 Å². The summed E-state index contributed by atoms with van der Waals surface area (Å²) in [5.74, 6) is -9.89. The average Bonchev–Trinajstić information content (AvgIpc) is 3.32. The Hall–Kier alpha value is -1.99. The largest absolute Gasteiger partial charge is 0.380 e. The van der Waals surface area contributed by atoms with Crippen molar-refractivity contribution in [3.63, 3.8) is 0 Å². The molecule has 2 aromatic rings. The van der Waals surface area contributed by atoms with Gasteiger partial charge in [0.2, 0.25) is 5.82 Å². The van der Waals surface area contributed by atoms with Gasteiger partial charge in [0.15, 0.2) is 23.3 Å². The molecule has 1 N–H and O–H groups in total. The predicted octanol–water partition coefficient (Wildman–Crippen LogP) is 5.27. The first kappa shape index (κ1) is 23.2. The molecule has 1 saturated heterocycles. The molecule has 2 aromatic carbocycles. The maximum Gasteiger partial charge on any atom is 0.200 e. The lowest BCUT2D eigenvalue weighted by Crippen LogP contribution is -2.47. The van der Waals surface area contributed by atoms with Crippen LogP contribution >= 0.6 is 0 Å². The highest BCUT2D eigenvalue weighted by Gasteiger charge is 2.53. The molecule has 5 radical (unpaired) electrons. The van der Waals surface area contributed by atoms with E-state index in [1.165, 1.54) is 30.7 Å². The minimum Gasteiger partial charge on any atom is -0.380 e. The Morgan fingerprint density at radius 2 is 1.38 bits per heavy atom. The van der Waals surface area contributed by atoms with Gasteiger partial charge in [-0.1, -0.05) is 36.8 Å². The van der Waals surface area contributed by atoms with Gasteiger partial charge >= 0.3 is 0 Å². The Bertz CT molecular complexity index is 934. The molecule has 4 rings (SSSR count). The fourth-order valence-electron chi connectivity index (χ4n) is 4.67. The predicted molar refractivity (Wildman–Crippen MR) is 110 cm³/mol. The third-order valence-electron chi connectivity index (χ3n) is 6.39. The van der Waals surface area contributed by atoms with Crippen molar-refractivity contribution in [1.29, 1.82) is 0 Å². The highest BCUT2D eigenvalue weighted by atomic mass is 19.2. The summed E-state index contributed by atoms with van der Waals surface area (Å²) in [7, 11) is 0. The van der Waals surface area contributed by atoms with Gasteiger partial charge in [0.1, 0.15) is 5.60 Å². The maximum absolute atomic E-state index is 15.0. The van der Waals surface area contributed by atoms with Crippen LogP contribution < -0.4 is 0 Å². The van der Waals surface area contributed by atoms with Crippen molar-refractivity contribution in [1.82, 2.24) is 4.90 Å². The summed E-state index contributed by atoms with van der Waals surface area (Å²) in [5.41, 5.74) is -3.87. The number of nitrogens with zero attached hydrogens (tertiary/aromatic N) is 1. The topological polar surface area (TPSA) is 23.5 Å². The van der Waals surface area contributed by atoms with E-state index in [-0.39, 0.29) is 17.5 Å². The highest BCUT2D eigenvalue weighted by molar-refractivity contribution is 5.59. The Morgan fingerprint density at radius 1 is 0.812 bits per heavy atom. The van der Waals surface area contributed by atoms with Crippen LogP contribution in [-0.4, -0.2) is 29.1 Å². The zero-order valence-electron chi connectivity index (χ0n) is 17.5. The highest BCUT2D eigenvalue weighted by Crippen LogP contribution is 2.53. The van der Waals surface area contributed by atoms with Crippen molar-refractivity contribution < 1.29 is 27.1 Å². The van der Waals surface area contributed by atoms with Crippen molar-refractivity contribution in [3.8, 4) is 0 Å². The number of halogens is 5. The maximum atomic E-state index is 15.0. The van der Waals surface area contributed by atoms with Gasteiger partial charge in [-0.15, -0.1) is 0 Å². The van der Waals surface area contributed by atoms with E-state index in [2.05, 4.69) is 4.90 Å². The molecule has 2 aliphatic rings. The Balaban J connectivity index is 1.87. The van der Waals surface area contributed by atoms with Crippen LogP contribution in [0.1, 0.15) is 37.3 Å². The molecule has 2 fully saturated rings. The second kappa shape index (κ2) is 9.10. The van der Waals surface area contributed by atoms with Crippen molar-refractivity contribution in [2.45, 2.75) is 37.8 Å². The molecule has 0 aromatic heterocycles. The molecule has 2 nitrogen and oxygen atoms in total. The van der Waals surface area contributed by atoms with Crippen LogP contribution in [-0.2, 0) is 5.60 Å². The Morgan fingerprint density at radius 3 is 1.97 bits per heavy atom. The molecule has 0 bridgehead atoms. The van der Waals surface area contributed by atoms with Gasteiger partial charge in [0.05, 0.1) is 5.56 Å². The standard InChI is InChI=1S/C25H23F5NO/c1-15(31-13-6-3-7-14-31)17-11-8-12-18(17)25(32,16-9-4-2-5-10-16)19-20(26)22(28)24(30)23(29)21(19)27/h2,4-5,8-12,15,32H,3,6-7,13-14H2,1H3/t15-,25?/m1/s1. The fourth-order valence-corrected chi connectivity index (χ4v) is 4.67. The second-order valence-corrected chi connectivity index (χ2v) is 8.19. The Labute approximate surface area is 185 Å². The number of rotatable bonds is 5. The van der Waals surface area contributed by atoms with Crippen molar-refractivity contribution in [2.24, 2.45) is 0 Å². The smallest absolute Gasteiger partial charge is 0.200 e. The average molecular weight is 448 g/mol. The zero-order chi connectivity index (χ0) is 23.0. The van der Waals surface area contributed by atoms with Crippen LogP contribution in [0.2, 0.25) is 0 Å². The molecule has 1 saturated carbocycles. The number of hydrogen-bond acceptors (Lipinski definition) is 2. The van der Waals surface area contributed by atoms with Gasteiger partial charge < -0.3 is 10.0 Å². The van der Waals surface area contributed by atoms with Crippen LogP contribution in [0.4, 0.5) is 22.0 Å². The molecular weight excluding hydrogens is 425 g/mol. The summed E-state index contributed by atoms with van der Waals surface area (Å²) in [6.45, 7) is 3.55. The lowest BCUT2D eigenvalue weighted by molar-refractivity contribution is 0.0828. The molecule has 32 heavy (non-hydrogen) atoms. The molecule has 0 spiro atoms. The number of aliphatic hydroxyl groups is 1. The van der Waals surface area contributed by atoms with E-state index in [0.29, 0.717) is 5.92 Å². The number of piperidine rings is 1. The first-order valence-corrected chi connectivity index (χ1v) is 10.6. The van der Waals surface area contributed by atoms with Gasteiger partial charge in [-0.05, 0) is 57.7 Å². The van der Waals surface area contributed by atoms with Crippen LogP contribution in [0.25, 0.3) is 0 Å². The van der Waals surface area contributed by atoms with E-state index in [1.54, 1.807) is 18.9 Å². The molecule has 1 heterocycles. The van der Waals surface area contributed by atoms with Crippen LogP contribution in [0.5, 0.6) is 0 Å². The molecule has 2 atom stereocenters. The van der Waals surface area contributed by atoms with Crippen molar-refractivity contribution in [2.75, 3.05) is 13.1 Å². The van der Waals surface area contributed by atoms with E-state index in [4.69, 9.17) is 0 Å². The lowest BCUT2D eigenvalue weighted by Gasteiger charge is -2.43. The molecule has 1 unspecified atom stereocenters. The summed E-state index contributed by atoms with van der Waals surface area (Å²) in [5, 5.41) is 11.9. The van der Waals surface area contributed by atoms with E-state index in [9.17, 15) is 27.1 Å². The third kappa shape index (κ3) is 3.73. The van der Waals surface area contributed by atoms with E-state index in [1.807, 2.05) is 6.92 Å². The first-order valence-electron chi connectivity index (χ1n) is 10.6. The van der Waals surface area contributed by atoms with Gasteiger partial charge in [-0.3, -0.25) is 0 Å². The minimum atomic E-state index is -2.59. The lowest BCUT2D eigenvalue weighted by atomic mass is 9.69. The molecule has 0 amide bonds. The summed E-state index contributed by atoms with van der Waals surface area (Å²) in [4.78, 5) is 2.19. The van der Waals surface area contributed by atoms with Crippen LogP contribution in [0.3, 0.4) is 0 Å². The summed E-state index contributed by atoms with van der Waals surface area (Å²) < 4.78 is 72.0. The van der Waals surface area contributed by atoms with Crippen molar-refractivity contribution in [3.05, 3.63) is 102 Å². The summed E-state index contributed by atoms with van der Waals surface area (Å²) >= 11 is 0. The van der Waals surface area contributed by atoms with E-state index >= 15 is 0 Å². The van der Waals surface area contributed by atoms with Crippen LogP contribution in [0, 0.1) is 60.2 Å². The second-order valence-electron chi connectivity index (χ2n) is 8.19. The minimum absolute atomic E-state index is 0.00139. The molecule has 1 aliphatic carbocycles. The van der Waals surface area contributed by atoms with Gasteiger partial charge in [0.25, 0.3) is 0 Å². The molecule has 7 heteroatoms. The van der Waals surface area contributed by atoms with Crippen molar-refractivity contribution >= 4 is 0 Å². The van der Waals surface area contributed by atoms with Gasteiger partial charge in [0, 0.05) is 17.9 Å². The van der Waals surface area contributed by atoms with E-state index < -0.39 is 40.3 Å². The quantitative estimate of drug-likeness (QED) is 0.383. The zero-order valence-corrected chi connectivity index (χ0v) is 17.5. The molecule has 1 aliphatic heterocycles. The molecular formula is C25H23F5NO. The molecule has 169 valence electrons. The third-order valence-corrected chi connectivity index (χ3v) is 6.39. The number of likely N-dealkylation sites (tertiary alicyclic amines) is 1. The number of hydrogen-bond donors (Lipinski definition) is 1. The SMILES string of the molecule is C[C@H]([C]1[CH][CH][CH][C]1C(O)(c1ccccc1)c1c(F)c(F)c(F)c(F)c1F)N1CCCCC1. The monoisotopic (exact) mass is 448 g/mol. The van der Waals surface area contributed by atoms with E-state index in [0.717, 1.165) is 32.4 Å². The summed E-state index contributed by atoms with van der Waals surface area (Å²) in [6.07, 6.45) is 7.91. The Kier molecular flexibility index (Phi) is 6.59. The fraction of sp³-hybridized carbons (Fsp3) is 0.320.